The molecule has 2 aromatic carbocycles. The topological polar surface area (TPSA) is 30.7 Å². The molecule has 2 aromatic heterocycles. The van der Waals surface area contributed by atoms with E-state index in [4.69, 9.17) is 11.6 Å². The van der Waals surface area contributed by atoms with E-state index in [1.54, 1.807) is 6.33 Å². The largest absolute Gasteiger partial charge is 0.350 e. The lowest BCUT2D eigenvalue weighted by Gasteiger charge is -2.09. The number of rotatable bonds is 1. The molecule has 4 heteroatoms. The van der Waals surface area contributed by atoms with Crippen molar-refractivity contribution in [3.8, 4) is 11.1 Å². The summed E-state index contributed by atoms with van der Waals surface area (Å²) < 4.78 is 2.13. The molecule has 0 saturated heterocycles. The van der Waals surface area contributed by atoms with Crippen LogP contribution in [0, 0.1) is 0 Å². The number of nitrogens with zero attached hydrogens (tertiary/aromatic N) is 3. The fourth-order valence-corrected chi connectivity index (χ4v) is 2.92. The van der Waals surface area contributed by atoms with Crippen LogP contribution >= 0.6 is 11.6 Å². The van der Waals surface area contributed by atoms with Gasteiger partial charge < -0.3 is 4.57 Å². The Hall–Kier alpha value is -2.39. The van der Waals surface area contributed by atoms with E-state index < -0.39 is 0 Å². The van der Waals surface area contributed by atoms with Gasteiger partial charge in [-0.15, -0.1) is 0 Å². The predicted octanol–water partition coefficient (Wildman–Crippen LogP) is 4.44. The molecule has 0 aliphatic heterocycles. The Bertz CT molecular complexity index is 955. The molecule has 0 aliphatic rings. The van der Waals surface area contributed by atoms with Crippen LogP contribution in [-0.4, -0.2) is 14.5 Å². The molecule has 21 heavy (non-hydrogen) atoms. The summed E-state index contributed by atoms with van der Waals surface area (Å²) in [5.41, 5.74) is 4.42. The lowest BCUT2D eigenvalue weighted by Crippen LogP contribution is -1.91. The zero-order valence-electron chi connectivity index (χ0n) is 11.4. The number of hydrogen-bond donors (Lipinski definition) is 0. The highest BCUT2D eigenvalue weighted by atomic mass is 35.5. The number of hydrogen-bond acceptors (Lipinski definition) is 2. The zero-order valence-corrected chi connectivity index (χ0v) is 12.2. The molecule has 0 unspecified atom stereocenters. The second kappa shape index (κ2) is 4.57. The van der Waals surface area contributed by atoms with E-state index in [0.717, 1.165) is 27.1 Å². The molecule has 4 aromatic rings. The van der Waals surface area contributed by atoms with Crippen LogP contribution in [0.5, 0.6) is 0 Å². The van der Waals surface area contributed by atoms with Crippen LogP contribution in [0.25, 0.3) is 32.9 Å². The smallest absolute Gasteiger partial charge is 0.116 e. The third-order valence-corrected chi connectivity index (χ3v) is 4.05. The van der Waals surface area contributed by atoms with Gasteiger partial charge in [0.1, 0.15) is 6.33 Å². The van der Waals surface area contributed by atoms with E-state index in [1.807, 2.05) is 30.5 Å². The Morgan fingerprint density at radius 2 is 1.86 bits per heavy atom. The first-order chi connectivity index (χ1) is 10.2. The normalized spacial score (nSPS) is 11.3. The molecule has 0 fully saturated rings. The minimum atomic E-state index is 0.741. The lowest BCUT2D eigenvalue weighted by atomic mass is 10.0. The minimum absolute atomic E-state index is 0.741. The highest BCUT2D eigenvalue weighted by Crippen LogP contribution is 2.34. The first-order valence-electron chi connectivity index (χ1n) is 6.68. The van der Waals surface area contributed by atoms with E-state index in [0.29, 0.717) is 0 Å². The number of halogens is 1. The van der Waals surface area contributed by atoms with Gasteiger partial charge in [0.2, 0.25) is 0 Å². The Balaban J connectivity index is 2.15. The van der Waals surface area contributed by atoms with Gasteiger partial charge in [0.05, 0.1) is 11.0 Å². The molecular formula is C17H12ClN3. The molecule has 0 spiro atoms. The first kappa shape index (κ1) is 12.4. The molecule has 0 N–H and O–H groups in total. The molecule has 4 rings (SSSR count). The van der Waals surface area contributed by atoms with Gasteiger partial charge in [-0.3, -0.25) is 0 Å². The monoisotopic (exact) mass is 293 g/mol. The molecule has 102 valence electrons. The lowest BCUT2D eigenvalue weighted by molar-refractivity contribution is 0.970. The van der Waals surface area contributed by atoms with Crippen molar-refractivity contribution >= 4 is 33.4 Å². The van der Waals surface area contributed by atoms with Crippen molar-refractivity contribution in [2.75, 3.05) is 0 Å². The number of aryl methyl sites for hydroxylation is 1. The second-order valence-electron chi connectivity index (χ2n) is 5.08. The number of fused-ring (bicyclic) bond motifs is 3. The van der Waals surface area contributed by atoms with Crippen LogP contribution in [0.3, 0.4) is 0 Å². The van der Waals surface area contributed by atoms with Crippen molar-refractivity contribution < 1.29 is 0 Å². The zero-order chi connectivity index (χ0) is 14.4. The minimum Gasteiger partial charge on any atom is -0.350 e. The van der Waals surface area contributed by atoms with E-state index in [-0.39, 0.29) is 0 Å². The first-order valence-corrected chi connectivity index (χ1v) is 7.05. The fourth-order valence-electron chi connectivity index (χ4n) is 2.80. The van der Waals surface area contributed by atoms with Crippen molar-refractivity contribution in [1.82, 2.24) is 14.5 Å². The van der Waals surface area contributed by atoms with Crippen LogP contribution in [0.2, 0.25) is 5.02 Å². The molecule has 0 bridgehead atoms. The van der Waals surface area contributed by atoms with Gasteiger partial charge in [-0.2, -0.15) is 0 Å². The molecule has 0 amide bonds. The molecule has 0 atom stereocenters. The van der Waals surface area contributed by atoms with Gasteiger partial charge in [0, 0.05) is 40.8 Å². The van der Waals surface area contributed by atoms with Crippen LogP contribution in [0.1, 0.15) is 0 Å². The van der Waals surface area contributed by atoms with Gasteiger partial charge in [-0.1, -0.05) is 23.7 Å². The third-order valence-electron chi connectivity index (χ3n) is 3.80. The average molecular weight is 294 g/mol. The summed E-state index contributed by atoms with van der Waals surface area (Å²) in [4.78, 5) is 8.55. The third kappa shape index (κ3) is 1.89. The van der Waals surface area contributed by atoms with Gasteiger partial charge in [0.15, 0.2) is 0 Å². The summed E-state index contributed by atoms with van der Waals surface area (Å²) >= 11 is 6.00. The van der Waals surface area contributed by atoms with Crippen molar-refractivity contribution in [3.63, 3.8) is 0 Å². The summed E-state index contributed by atoms with van der Waals surface area (Å²) in [5.74, 6) is 0. The van der Waals surface area contributed by atoms with Crippen molar-refractivity contribution in [2.45, 2.75) is 0 Å². The van der Waals surface area contributed by atoms with Gasteiger partial charge in [0.25, 0.3) is 0 Å². The summed E-state index contributed by atoms with van der Waals surface area (Å²) in [6.45, 7) is 0. The summed E-state index contributed by atoms with van der Waals surface area (Å²) in [7, 11) is 2.05. The molecule has 2 heterocycles. The van der Waals surface area contributed by atoms with Gasteiger partial charge in [-0.05, 0) is 29.8 Å². The quantitative estimate of drug-likeness (QED) is 0.519. The summed E-state index contributed by atoms with van der Waals surface area (Å²) in [6.07, 6.45) is 5.52. The summed E-state index contributed by atoms with van der Waals surface area (Å²) in [6, 6.07) is 12.1. The number of benzene rings is 2. The second-order valence-corrected chi connectivity index (χ2v) is 5.51. The van der Waals surface area contributed by atoms with Crippen molar-refractivity contribution in [1.29, 1.82) is 0 Å². The Morgan fingerprint density at radius 3 is 2.67 bits per heavy atom. The highest BCUT2D eigenvalue weighted by molar-refractivity contribution is 6.30. The van der Waals surface area contributed by atoms with E-state index in [9.17, 15) is 0 Å². The maximum atomic E-state index is 6.00. The maximum absolute atomic E-state index is 6.00. The Kier molecular flexibility index (Phi) is 2.69. The SMILES string of the molecule is Cn1ccc2c3cncnc3cc(-c3ccc(Cl)cc3)c21. The molecule has 0 radical (unpaired) electrons. The maximum Gasteiger partial charge on any atom is 0.116 e. The molecule has 3 nitrogen and oxygen atoms in total. The van der Waals surface area contributed by atoms with Gasteiger partial charge >= 0.3 is 0 Å². The van der Waals surface area contributed by atoms with E-state index >= 15 is 0 Å². The number of aromatic nitrogens is 3. The predicted molar refractivity (Wildman–Crippen MR) is 86.5 cm³/mol. The Labute approximate surface area is 126 Å². The molecule has 0 saturated carbocycles. The van der Waals surface area contributed by atoms with E-state index in [2.05, 4.69) is 39.9 Å². The van der Waals surface area contributed by atoms with Crippen molar-refractivity contribution in [3.05, 3.63) is 60.1 Å². The van der Waals surface area contributed by atoms with E-state index in [1.165, 1.54) is 10.9 Å². The fraction of sp³-hybridized carbons (Fsp3) is 0.0588. The van der Waals surface area contributed by atoms with Gasteiger partial charge in [-0.25, -0.2) is 9.97 Å². The standard InChI is InChI=1S/C17H12ClN3/c1-21-7-6-13-15-9-19-10-20-16(15)8-14(17(13)21)11-2-4-12(18)5-3-11/h2-10H,1H3. The Morgan fingerprint density at radius 1 is 1.05 bits per heavy atom. The summed E-state index contributed by atoms with van der Waals surface area (Å²) in [5, 5.41) is 2.98. The molecular weight excluding hydrogens is 282 g/mol. The van der Waals surface area contributed by atoms with Crippen LogP contribution in [0.4, 0.5) is 0 Å². The van der Waals surface area contributed by atoms with Crippen LogP contribution in [-0.2, 0) is 7.05 Å². The van der Waals surface area contributed by atoms with Crippen LogP contribution in [0.15, 0.2) is 55.1 Å². The molecule has 0 aliphatic carbocycles. The highest BCUT2D eigenvalue weighted by Gasteiger charge is 2.12. The average Bonchev–Trinajstić information content (AvgIpc) is 2.90. The van der Waals surface area contributed by atoms with Crippen molar-refractivity contribution in [2.24, 2.45) is 7.05 Å². The van der Waals surface area contributed by atoms with Crippen LogP contribution < -0.4 is 0 Å².